The van der Waals surface area contributed by atoms with Gasteiger partial charge in [0, 0.05) is 6.04 Å². The number of likely N-dealkylation sites (N-methyl/N-ethyl adjacent to an activating group) is 1. The number of hydrogen-bond acceptors (Lipinski definition) is 2. The van der Waals surface area contributed by atoms with Gasteiger partial charge >= 0.3 is 0 Å². The van der Waals surface area contributed by atoms with Gasteiger partial charge in [0.1, 0.15) is 5.75 Å². The van der Waals surface area contributed by atoms with E-state index in [1.54, 1.807) is 7.11 Å². The molecule has 0 aromatic heterocycles. The second kappa shape index (κ2) is 6.06. The van der Waals surface area contributed by atoms with E-state index in [2.05, 4.69) is 45.1 Å². The van der Waals surface area contributed by atoms with Crippen LogP contribution in [0.25, 0.3) is 0 Å². The zero-order valence-corrected chi connectivity index (χ0v) is 11.9. The van der Waals surface area contributed by atoms with Crippen molar-refractivity contribution in [2.75, 3.05) is 14.2 Å². The van der Waals surface area contributed by atoms with E-state index in [0.29, 0.717) is 12.0 Å². The quantitative estimate of drug-likeness (QED) is 0.846. The Morgan fingerprint density at radius 2 is 1.82 bits per heavy atom. The number of nitrogens with one attached hydrogen (secondary N) is 1. The minimum absolute atomic E-state index is 0.529. The number of ether oxygens (including phenoxy) is 1. The molecule has 0 saturated heterocycles. The Morgan fingerprint density at radius 1 is 1.18 bits per heavy atom. The van der Waals surface area contributed by atoms with Crippen molar-refractivity contribution in [3.8, 4) is 5.75 Å². The molecule has 0 aliphatic carbocycles. The van der Waals surface area contributed by atoms with E-state index >= 15 is 0 Å². The maximum atomic E-state index is 5.34. The molecule has 0 saturated carbocycles. The fourth-order valence-corrected chi connectivity index (χ4v) is 2.20. The van der Waals surface area contributed by atoms with E-state index in [4.69, 9.17) is 4.74 Å². The van der Waals surface area contributed by atoms with E-state index < -0.39 is 0 Å². The first-order valence-corrected chi connectivity index (χ1v) is 6.31. The molecule has 1 rings (SSSR count). The Morgan fingerprint density at radius 3 is 2.29 bits per heavy atom. The van der Waals surface area contributed by atoms with Gasteiger partial charge in [0.25, 0.3) is 0 Å². The normalized spacial score (nSPS) is 12.9. The van der Waals surface area contributed by atoms with Crippen LogP contribution in [0, 0.1) is 19.8 Å². The SMILES string of the molecule is CNC(Cc1cc(C)c(OC)cc1C)C(C)C. The standard InChI is InChI=1S/C15H25NO/c1-10(2)14(16-5)9-13-7-12(4)15(17-6)8-11(13)3/h7-8,10,14,16H,9H2,1-6H3. The first kappa shape index (κ1) is 14.0. The van der Waals surface area contributed by atoms with Crippen molar-refractivity contribution in [2.45, 2.75) is 40.2 Å². The zero-order valence-electron chi connectivity index (χ0n) is 11.9. The van der Waals surface area contributed by atoms with Crippen LogP contribution in [-0.4, -0.2) is 20.2 Å². The van der Waals surface area contributed by atoms with Gasteiger partial charge < -0.3 is 10.1 Å². The van der Waals surface area contributed by atoms with Gasteiger partial charge in [-0.15, -0.1) is 0 Å². The van der Waals surface area contributed by atoms with E-state index in [0.717, 1.165) is 12.2 Å². The Kier molecular flexibility index (Phi) is 5.01. The van der Waals surface area contributed by atoms with Gasteiger partial charge in [-0.05, 0) is 56.0 Å². The third kappa shape index (κ3) is 3.47. The van der Waals surface area contributed by atoms with Gasteiger partial charge in [-0.25, -0.2) is 0 Å². The van der Waals surface area contributed by atoms with Crippen LogP contribution in [0.3, 0.4) is 0 Å². The van der Waals surface area contributed by atoms with Gasteiger partial charge in [-0.1, -0.05) is 19.9 Å². The molecule has 96 valence electrons. The highest BCUT2D eigenvalue weighted by Crippen LogP contribution is 2.24. The Balaban J connectivity index is 2.95. The highest BCUT2D eigenvalue weighted by Gasteiger charge is 2.14. The topological polar surface area (TPSA) is 21.3 Å². The van der Waals surface area contributed by atoms with Crippen LogP contribution < -0.4 is 10.1 Å². The molecule has 17 heavy (non-hydrogen) atoms. The number of hydrogen-bond donors (Lipinski definition) is 1. The fourth-order valence-electron chi connectivity index (χ4n) is 2.20. The van der Waals surface area contributed by atoms with Crippen molar-refractivity contribution in [1.82, 2.24) is 5.32 Å². The summed E-state index contributed by atoms with van der Waals surface area (Å²) in [6.45, 7) is 8.77. The third-order valence-corrected chi connectivity index (χ3v) is 3.47. The van der Waals surface area contributed by atoms with Crippen LogP contribution in [0.5, 0.6) is 5.75 Å². The number of benzene rings is 1. The first-order valence-electron chi connectivity index (χ1n) is 6.31. The number of methoxy groups -OCH3 is 1. The monoisotopic (exact) mass is 235 g/mol. The fraction of sp³-hybridized carbons (Fsp3) is 0.600. The molecule has 0 fully saturated rings. The molecule has 0 spiro atoms. The van der Waals surface area contributed by atoms with E-state index in [1.807, 2.05) is 7.05 Å². The van der Waals surface area contributed by atoms with Gasteiger partial charge in [0.2, 0.25) is 0 Å². The lowest BCUT2D eigenvalue weighted by atomic mass is 9.93. The Bertz CT molecular complexity index is 371. The third-order valence-electron chi connectivity index (χ3n) is 3.47. The summed E-state index contributed by atoms with van der Waals surface area (Å²) in [5.41, 5.74) is 3.94. The molecule has 0 aliphatic heterocycles. The Hall–Kier alpha value is -1.02. The lowest BCUT2D eigenvalue weighted by molar-refractivity contribution is 0.409. The highest BCUT2D eigenvalue weighted by molar-refractivity contribution is 5.41. The minimum atomic E-state index is 0.529. The van der Waals surface area contributed by atoms with E-state index in [9.17, 15) is 0 Å². The summed E-state index contributed by atoms with van der Waals surface area (Å²) >= 11 is 0. The summed E-state index contributed by atoms with van der Waals surface area (Å²) in [6, 6.07) is 4.92. The molecule has 0 radical (unpaired) electrons. The lowest BCUT2D eigenvalue weighted by Crippen LogP contribution is -2.33. The van der Waals surface area contributed by atoms with Crippen molar-refractivity contribution in [1.29, 1.82) is 0 Å². The van der Waals surface area contributed by atoms with E-state index in [1.165, 1.54) is 16.7 Å². The van der Waals surface area contributed by atoms with Crippen LogP contribution in [0.2, 0.25) is 0 Å². The molecule has 0 aliphatic rings. The predicted octanol–water partition coefficient (Wildman–Crippen LogP) is 3.10. The second-order valence-electron chi connectivity index (χ2n) is 5.09. The molecule has 1 atom stereocenters. The maximum absolute atomic E-state index is 5.34. The van der Waals surface area contributed by atoms with Gasteiger partial charge in [0.15, 0.2) is 0 Å². The van der Waals surface area contributed by atoms with Crippen molar-refractivity contribution < 1.29 is 4.74 Å². The van der Waals surface area contributed by atoms with E-state index in [-0.39, 0.29) is 0 Å². The Labute approximate surface area is 105 Å². The van der Waals surface area contributed by atoms with Gasteiger partial charge in [-0.2, -0.15) is 0 Å². The summed E-state index contributed by atoms with van der Waals surface area (Å²) in [5.74, 6) is 1.62. The minimum Gasteiger partial charge on any atom is -0.496 e. The average Bonchev–Trinajstić information content (AvgIpc) is 2.29. The van der Waals surface area contributed by atoms with Crippen molar-refractivity contribution in [3.05, 3.63) is 28.8 Å². The molecule has 0 amide bonds. The van der Waals surface area contributed by atoms with Crippen LogP contribution in [0.15, 0.2) is 12.1 Å². The van der Waals surface area contributed by atoms with Crippen molar-refractivity contribution >= 4 is 0 Å². The smallest absolute Gasteiger partial charge is 0.122 e. The summed E-state index contributed by atoms with van der Waals surface area (Å²) in [4.78, 5) is 0. The average molecular weight is 235 g/mol. The molecule has 0 heterocycles. The lowest BCUT2D eigenvalue weighted by Gasteiger charge is -2.22. The van der Waals surface area contributed by atoms with Gasteiger partial charge in [0.05, 0.1) is 7.11 Å². The molecule has 1 aromatic rings. The molecular weight excluding hydrogens is 210 g/mol. The van der Waals surface area contributed by atoms with Crippen molar-refractivity contribution in [3.63, 3.8) is 0 Å². The molecule has 0 bridgehead atoms. The van der Waals surface area contributed by atoms with Crippen LogP contribution in [-0.2, 0) is 6.42 Å². The van der Waals surface area contributed by atoms with Crippen LogP contribution in [0.1, 0.15) is 30.5 Å². The maximum Gasteiger partial charge on any atom is 0.122 e. The van der Waals surface area contributed by atoms with Crippen LogP contribution in [0.4, 0.5) is 0 Å². The second-order valence-corrected chi connectivity index (χ2v) is 5.09. The highest BCUT2D eigenvalue weighted by atomic mass is 16.5. The molecule has 1 unspecified atom stereocenters. The summed E-state index contributed by atoms with van der Waals surface area (Å²) in [5, 5.41) is 3.39. The summed E-state index contributed by atoms with van der Waals surface area (Å²) in [6.07, 6.45) is 1.07. The molecule has 1 N–H and O–H groups in total. The molecule has 1 aromatic carbocycles. The molecule has 2 nitrogen and oxygen atoms in total. The zero-order chi connectivity index (χ0) is 13.0. The van der Waals surface area contributed by atoms with Gasteiger partial charge in [-0.3, -0.25) is 0 Å². The van der Waals surface area contributed by atoms with Crippen molar-refractivity contribution in [2.24, 2.45) is 5.92 Å². The largest absolute Gasteiger partial charge is 0.496 e. The summed E-state index contributed by atoms with van der Waals surface area (Å²) < 4.78 is 5.34. The number of rotatable bonds is 5. The first-order chi connectivity index (χ1) is 7.99. The van der Waals surface area contributed by atoms with Crippen LogP contribution >= 0.6 is 0 Å². The molecule has 2 heteroatoms. The number of aryl methyl sites for hydroxylation is 2. The predicted molar refractivity (Wildman–Crippen MR) is 73.9 cm³/mol. The molecular formula is C15H25NO. The summed E-state index contributed by atoms with van der Waals surface area (Å²) in [7, 11) is 3.77.